The van der Waals surface area contributed by atoms with E-state index < -0.39 is 5.82 Å². The molecule has 146 valence electrons. The summed E-state index contributed by atoms with van der Waals surface area (Å²) in [6, 6.07) is 21.1. The van der Waals surface area contributed by atoms with Crippen LogP contribution in [0.25, 0.3) is 0 Å². The van der Waals surface area contributed by atoms with E-state index in [1.807, 2.05) is 37.3 Å². The molecule has 0 aliphatic carbocycles. The first kappa shape index (κ1) is 19.2. The summed E-state index contributed by atoms with van der Waals surface area (Å²) in [5, 5.41) is 2.55. The Morgan fingerprint density at radius 2 is 1.79 bits per heavy atom. The molecule has 4 rings (SSSR count). The SMILES string of the molecule is Cc1ccc(F)c(N2C(=O)CS[C@@H]2c2ccc(NC(=O)c3ccccc3)cc2)c1. The zero-order valence-electron chi connectivity index (χ0n) is 15.8. The van der Waals surface area contributed by atoms with E-state index in [0.717, 1.165) is 11.1 Å². The highest BCUT2D eigenvalue weighted by molar-refractivity contribution is 8.00. The Morgan fingerprint density at radius 1 is 1.07 bits per heavy atom. The van der Waals surface area contributed by atoms with Crippen molar-refractivity contribution in [2.24, 2.45) is 0 Å². The van der Waals surface area contributed by atoms with Gasteiger partial charge in [0.05, 0.1) is 11.4 Å². The second-order valence-electron chi connectivity index (χ2n) is 6.82. The topological polar surface area (TPSA) is 49.4 Å². The molecule has 0 bridgehead atoms. The van der Waals surface area contributed by atoms with E-state index in [1.54, 1.807) is 36.4 Å². The summed E-state index contributed by atoms with van der Waals surface area (Å²) < 4.78 is 14.4. The number of amides is 2. The van der Waals surface area contributed by atoms with Gasteiger partial charge in [0.25, 0.3) is 5.91 Å². The maximum absolute atomic E-state index is 14.4. The van der Waals surface area contributed by atoms with Gasteiger partial charge in [-0.15, -0.1) is 11.8 Å². The van der Waals surface area contributed by atoms with Crippen LogP contribution in [0.15, 0.2) is 72.8 Å². The second kappa shape index (κ2) is 8.09. The van der Waals surface area contributed by atoms with Crippen molar-refractivity contribution in [1.82, 2.24) is 0 Å². The van der Waals surface area contributed by atoms with Gasteiger partial charge in [0.1, 0.15) is 11.2 Å². The van der Waals surface area contributed by atoms with E-state index in [4.69, 9.17) is 0 Å². The van der Waals surface area contributed by atoms with Crippen LogP contribution in [-0.2, 0) is 4.79 Å². The highest BCUT2D eigenvalue weighted by Gasteiger charge is 2.35. The van der Waals surface area contributed by atoms with E-state index in [1.165, 1.54) is 22.7 Å². The first-order valence-corrected chi connectivity index (χ1v) is 10.2. The third-order valence-corrected chi connectivity index (χ3v) is 5.93. The third kappa shape index (κ3) is 4.03. The summed E-state index contributed by atoms with van der Waals surface area (Å²) >= 11 is 1.46. The van der Waals surface area contributed by atoms with Gasteiger partial charge in [0.2, 0.25) is 5.91 Å². The molecule has 2 amide bonds. The van der Waals surface area contributed by atoms with Crippen molar-refractivity contribution < 1.29 is 14.0 Å². The lowest BCUT2D eigenvalue weighted by Gasteiger charge is -2.25. The van der Waals surface area contributed by atoms with Gasteiger partial charge >= 0.3 is 0 Å². The minimum absolute atomic E-state index is 0.119. The van der Waals surface area contributed by atoms with Crippen molar-refractivity contribution in [3.05, 3.63) is 95.3 Å². The highest BCUT2D eigenvalue weighted by atomic mass is 32.2. The lowest BCUT2D eigenvalue weighted by molar-refractivity contribution is -0.115. The number of nitrogens with zero attached hydrogens (tertiary/aromatic N) is 1. The number of benzene rings is 3. The number of aryl methyl sites for hydroxylation is 1. The van der Waals surface area contributed by atoms with Crippen molar-refractivity contribution in [2.75, 3.05) is 16.0 Å². The molecule has 4 nitrogen and oxygen atoms in total. The van der Waals surface area contributed by atoms with Crippen LogP contribution < -0.4 is 10.2 Å². The van der Waals surface area contributed by atoms with Gasteiger partial charge in [-0.1, -0.05) is 36.4 Å². The van der Waals surface area contributed by atoms with Crippen LogP contribution in [-0.4, -0.2) is 17.6 Å². The number of halogens is 1. The molecule has 3 aromatic rings. The Bertz CT molecular complexity index is 1050. The van der Waals surface area contributed by atoms with Gasteiger partial charge in [-0.3, -0.25) is 14.5 Å². The molecule has 6 heteroatoms. The standard InChI is InChI=1S/C23H19FN2O2S/c1-15-7-12-19(24)20(13-15)26-21(27)14-29-23(26)17-8-10-18(11-9-17)25-22(28)16-5-3-2-4-6-16/h2-13,23H,14H2,1H3,(H,25,28)/t23-/m1/s1. The van der Waals surface area contributed by atoms with Crippen molar-refractivity contribution in [3.8, 4) is 0 Å². The van der Waals surface area contributed by atoms with Crippen LogP contribution in [0.3, 0.4) is 0 Å². The van der Waals surface area contributed by atoms with Gasteiger partial charge in [-0.2, -0.15) is 0 Å². The summed E-state index contributed by atoms with van der Waals surface area (Å²) in [6.07, 6.45) is 0. The van der Waals surface area contributed by atoms with E-state index in [9.17, 15) is 14.0 Å². The number of hydrogen-bond donors (Lipinski definition) is 1. The molecule has 0 saturated carbocycles. The number of thioether (sulfide) groups is 1. The van der Waals surface area contributed by atoms with Crippen molar-refractivity contribution in [1.29, 1.82) is 0 Å². The Balaban J connectivity index is 1.55. The Kier molecular flexibility index (Phi) is 5.36. The zero-order valence-corrected chi connectivity index (χ0v) is 16.6. The van der Waals surface area contributed by atoms with Crippen molar-refractivity contribution >= 4 is 35.0 Å². The number of carbonyl (C=O) groups is 2. The number of hydrogen-bond acceptors (Lipinski definition) is 3. The molecule has 1 aliphatic heterocycles. The Morgan fingerprint density at radius 3 is 2.52 bits per heavy atom. The molecule has 3 aromatic carbocycles. The minimum Gasteiger partial charge on any atom is -0.322 e. The number of nitrogens with one attached hydrogen (secondary N) is 1. The monoisotopic (exact) mass is 406 g/mol. The van der Waals surface area contributed by atoms with Crippen LogP contribution in [0.2, 0.25) is 0 Å². The molecule has 0 spiro atoms. The Hall–Kier alpha value is -3.12. The molecular weight excluding hydrogens is 387 g/mol. The molecule has 0 unspecified atom stereocenters. The van der Waals surface area contributed by atoms with E-state index in [2.05, 4.69) is 5.32 Å². The second-order valence-corrected chi connectivity index (χ2v) is 7.89. The van der Waals surface area contributed by atoms with Gasteiger partial charge in [0, 0.05) is 11.3 Å². The number of rotatable bonds is 4. The fraction of sp³-hybridized carbons (Fsp3) is 0.130. The third-order valence-electron chi connectivity index (χ3n) is 4.72. The van der Waals surface area contributed by atoms with Crippen LogP contribution in [0.4, 0.5) is 15.8 Å². The summed E-state index contributed by atoms with van der Waals surface area (Å²) in [5.74, 6) is -0.425. The minimum atomic E-state index is -0.414. The molecule has 1 N–H and O–H groups in total. The Labute approximate surface area is 172 Å². The average molecular weight is 406 g/mol. The zero-order chi connectivity index (χ0) is 20.4. The highest BCUT2D eigenvalue weighted by Crippen LogP contribution is 2.43. The molecule has 1 saturated heterocycles. The molecule has 1 atom stereocenters. The van der Waals surface area contributed by atoms with Crippen molar-refractivity contribution in [3.63, 3.8) is 0 Å². The van der Waals surface area contributed by atoms with E-state index in [0.29, 0.717) is 22.7 Å². The normalized spacial score (nSPS) is 16.1. The van der Waals surface area contributed by atoms with Crippen molar-refractivity contribution in [2.45, 2.75) is 12.3 Å². The lowest BCUT2D eigenvalue weighted by atomic mass is 10.1. The van der Waals surface area contributed by atoms with Crippen LogP contribution >= 0.6 is 11.8 Å². The predicted molar refractivity (Wildman–Crippen MR) is 115 cm³/mol. The summed E-state index contributed by atoms with van der Waals surface area (Å²) in [7, 11) is 0. The molecule has 1 heterocycles. The average Bonchev–Trinajstić information content (AvgIpc) is 3.12. The molecule has 0 radical (unpaired) electrons. The molecular formula is C23H19FN2O2S. The number of carbonyl (C=O) groups excluding carboxylic acids is 2. The maximum atomic E-state index is 14.4. The van der Waals surface area contributed by atoms with Crippen LogP contribution in [0.5, 0.6) is 0 Å². The van der Waals surface area contributed by atoms with Gasteiger partial charge < -0.3 is 5.32 Å². The summed E-state index contributed by atoms with van der Waals surface area (Å²) in [5.41, 5.74) is 3.30. The first-order valence-electron chi connectivity index (χ1n) is 9.19. The molecule has 0 aromatic heterocycles. The van der Waals surface area contributed by atoms with Crippen LogP contribution in [0.1, 0.15) is 26.9 Å². The van der Waals surface area contributed by atoms with Crippen LogP contribution in [0, 0.1) is 12.7 Å². The summed E-state index contributed by atoms with van der Waals surface area (Å²) in [4.78, 5) is 26.3. The lowest BCUT2D eigenvalue weighted by Crippen LogP contribution is -2.28. The fourth-order valence-corrected chi connectivity index (χ4v) is 4.43. The molecule has 1 aliphatic rings. The smallest absolute Gasteiger partial charge is 0.255 e. The van der Waals surface area contributed by atoms with Gasteiger partial charge in [0.15, 0.2) is 0 Å². The van der Waals surface area contributed by atoms with E-state index >= 15 is 0 Å². The quantitative estimate of drug-likeness (QED) is 0.651. The molecule has 1 fully saturated rings. The summed E-state index contributed by atoms with van der Waals surface area (Å²) in [6.45, 7) is 1.87. The van der Waals surface area contributed by atoms with Gasteiger partial charge in [-0.05, 0) is 54.4 Å². The molecule has 29 heavy (non-hydrogen) atoms. The predicted octanol–water partition coefficient (Wildman–Crippen LogP) is 5.17. The first-order chi connectivity index (χ1) is 14.0. The van der Waals surface area contributed by atoms with E-state index in [-0.39, 0.29) is 17.2 Å². The number of anilines is 2. The largest absolute Gasteiger partial charge is 0.322 e. The van der Waals surface area contributed by atoms with Gasteiger partial charge in [-0.25, -0.2) is 4.39 Å². The fourth-order valence-electron chi connectivity index (χ4n) is 3.26. The maximum Gasteiger partial charge on any atom is 0.255 e.